The van der Waals surface area contributed by atoms with Gasteiger partial charge in [-0.05, 0) is 57.5 Å². The zero-order valence-electron chi connectivity index (χ0n) is 15.9. The molecule has 1 aliphatic heterocycles. The molecule has 1 amide bonds. The summed E-state index contributed by atoms with van der Waals surface area (Å²) in [7, 11) is 1.28. The highest BCUT2D eigenvalue weighted by molar-refractivity contribution is 5.86. The standard InChI is InChI=1S/C18H28N2O6/c1-18(2,3)25-17(22)20-9-7-13(8-10-20)6-5-11-24-15-12-14(26-19-15)16(21)23-4/h12-13H,5-11H2,1-4H3. The van der Waals surface area contributed by atoms with Crippen LogP contribution < -0.4 is 4.74 Å². The normalized spacial score (nSPS) is 15.6. The molecule has 1 aromatic heterocycles. The van der Waals surface area contributed by atoms with Gasteiger partial charge in [0.1, 0.15) is 5.60 Å². The topological polar surface area (TPSA) is 91.1 Å². The third-order valence-electron chi connectivity index (χ3n) is 4.15. The van der Waals surface area contributed by atoms with Gasteiger partial charge >= 0.3 is 12.1 Å². The summed E-state index contributed by atoms with van der Waals surface area (Å²) in [6.45, 7) is 7.58. The summed E-state index contributed by atoms with van der Waals surface area (Å²) in [4.78, 5) is 25.1. The summed E-state index contributed by atoms with van der Waals surface area (Å²) < 4.78 is 20.3. The van der Waals surface area contributed by atoms with Crippen LogP contribution in [0.3, 0.4) is 0 Å². The smallest absolute Gasteiger partial charge is 0.410 e. The van der Waals surface area contributed by atoms with Crippen LogP contribution in [0.4, 0.5) is 4.79 Å². The van der Waals surface area contributed by atoms with E-state index in [1.165, 1.54) is 13.2 Å². The van der Waals surface area contributed by atoms with Crippen molar-refractivity contribution < 1.29 is 28.3 Å². The van der Waals surface area contributed by atoms with Crippen LogP contribution in [0.1, 0.15) is 57.0 Å². The first-order chi connectivity index (χ1) is 12.3. The fourth-order valence-corrected chi connectivity index (χ4v) is 2.80. The van der Waals surface area contributed by atoms with E-state index in [9.17, 15) is 9.59 Å². The van der Waals surface area contributed by atoms with E-state index >= 15 is 0 Å². The molecule has 0 unspecified atom stereocenters. The number of hydrogen-bond acceptors (Lipinski definition) is 7. The number of carbonyl (C=O) groups is 2. The maximum atomic E-state index is 12.0. The minimum absolute atomic E-state index is 0.0250. The molecule has 1 aliphatic rings. The van der Waals surface area contributed by atoms with Crippen molar-refractivity contribution in [2.45, 2.75) is 52.1 Å². The Morgan fingerprint density at radius 1 is 1.31 bits per heavy atom. The number of carbonyl (C=O) groups excluding carboxylic acids is 2. The number of amides is 1. The molecule has 0 spiro atoms. The quantitative estimate of drug-likeness (QED) is 0.562. The van der Waals surface area contributed by atoms with Gasteiger partial charge in [0.15, 0.2) is 0 Å². The van der Waals surface area contributed by atoms with Crippen LogP contribution in [0.5, 0.6) is 5.88 Å². The Morgan fingerprint density at radius 3 is 2.62 bits per heavy atom. The number of rotatable bonds is 6. The molecule has 0 aliphatic carbocycles. The molecular formula is C18H28N2O6. The number of esters is 1. The lowest BCUT2D eigenvalue weighted by Gasteiger charge is -2.33. The fraction of sp³-hybridized carbons (Fsp3) is 0.722. The van der Waals surface area contributed by atoms with Gasteiger partial charge in [0.2, 0.25) is 5.76 Å². The minimum atomic E-state index is -0.580. The maximum absolute atomic E-state index is 12.0. The Morgan fingerprint density at radius 2 is 2.00 bits per heavy atom. The minimum Gasteiger partial charge on any atom is -0.475 e. The first-order valence-electron chi connectivity index (χ1n) is 8.94. The van der Waals surface area contributed by atoms with Gasteiger partial charge in [0, 0.05) is 13.1 Å². The lowest BCUT2D eigenvalue weighted by atomic mass is 9.92. The van der Waals surface area contributed by atoms with Crippen molar-refractivity contribution in [2.75, 3.05) is 26.8 Å². The fourth-order valence-electron chi connectivity index (χ4n) is 2.80. The number of hydrogen-bond donors (Lipinski definition) is 0. The zero-order valence-corrected chi connectivity index (χ0v) is 15.9. The lowest BCUT2D eigenvalue weighted by molar-refractivity contribution is 0.0179. The van der Waals surface area contributed by atoms with Crippen molar-refractivity contribution in [1.82, 2.24) is 10.1 Å². The van der Waals surface area contributed by atoms with Crippen molar-refractivity contribution in [1.29, 1.82) is 0 Å². The first kappa shape index (κ1) is 20.1. The SMILES string of the molecule is COC(=O)c1cc(OCCCC2CCN(C(=O)OC(C)(C)C)CC2)no1. The lowest BCUT2D eigenvalue weighted by Crippen LogP contribution is -2.41. The largest absolute Gasteiger partial charge is 0.475 e. The van der Waals surface area contributed by atoms with Gasteiger partial charge in [-0.25, -0.2) is 9.59 Å². The van der Waals surface area contributed by atoms with Gasteiger partial charge in [-0.2, -0.15) is 0 Å². The number of methoxy groups -OCH3 is 1. The highest BCUT2D eigenvalue weighted by atomic mass is 16.6. The molecule has 2 rings (SSSR count). The Balaban J connectivity index is 1.62. The third-order valence-corrected chi connectivity index (χ3v) is 4.15. The van der Waals surface area contributed by atoms with E-state index in [1.807, 2.05) is 20.8 Å². The number of nitrogens with zero attached hydrogens (tertiary/aromatic N) is 2. The van der Waals surface area contributed by atoms with Crippen LogP contribution in [-0.4, -0.2) is 54.5 Å². The van der Waals surface area contributed by atoms with Crippen molar-refractivity contribution in [3.8, 4) is 5.88 Å². The molecule has 0 aromatic carbocycles. The molecule has 0 bridgehead atoms. The van der Waals surface area contributed by atoms with E-state index < -0.39 is 11.6 Å². The monoisotopic (exact) mass is 368 g/mol. The Kier molecular flexibility index (Phi) is 6.88. The molecule has 1 saturated heterocycles. The molecule has 8 nitrogen and oxygen atoms in total. The van der Waals surface area contributed by atoms with Gasteiger partial charge in [0.25, 0.3) is 5.88 Å². The van der Waals surface area contributed by atoms with Gasteiger partial charge < -0.3 is 23.6 Å². The van der Waals surface area contributed by atoms with Crippen LogP contribution in [0.25, 0.3) is 0 Å². The predicted molar refractivity (Wildman–Crippen MR) is 93.1 cm³/mol. The summed E-state index contributed by atoms with van der Waals surface area (Å²) in [5.74, 6) is 0.298. The third kappa shape index (κ3) is 6.24. The Labute approximate surface area is 153 Å². The van der Waals surface area contributed by atoms with Crippen LogP contribution in [-0.2, 0) is 9.47 Å². The van der Waals surface area contributed by atoms with E-state index in [2.05, 4.69) is 9.89 Å². The second-order valence-corrected chi connectivity index (χ2v) is 7.42. The van der Waals surface area contributed by atoms with Gasteiger partial charge in [-0.3, -0.25) is 0 Å². The van der Waals surface area contributed by atoms with E-state index in [4.69, 9.17) is 14.0 Å². The molecule has 0 radical (unpaired) electrons. The first-order valence-corrected chi connectivity index (χ1v) is 8.94. The summed E-state index contributed by atoms with van der Waals surface area (Å²) >= 11 is 0. The second-order valence-electron chi connectivity index (χ2n) is 7.42. The average molecular weight is 368 g/mol. The van der Waals surface area contributed by atoms with Gasteiger partial charge in [-0.15, -0.1) is 0 Å². The molecule has 1 aromatic rings. The Hall–Kier alpha value is -2.25. The maximum Gasteiger partial charge on any atom is 0.410 e. The van der Waals surface area contributed by atoms with Crippen LogP contribution in [0.15, 0.2) is 10.6 Å². The summed E-state index contributed by atoms with van der Waals surface area (Å²) in [5.41, 5.74) is -0.458. The highest BCUT2D eigenvalue weighted by Crippen LogP contribution is 2.23. The van der Waals surface area contributed by atoms with Crippen LogP contribution >= 0.6 is 0 Å². The average Bonchev–Trinajstić information content (AvgIpc) is 3.06. The van der Waals surface area contributed by atoms with E-state index in [1.54, 1.807) is 4.90 Å². The van der Waals surface area contributed by atoms with E-state index in [0.29, 0.717) is 12.5 Å². The summed E-state index contributed by atoms with van der Waals surface area (Å²) in [6, 6.07) is 1.42. The number of ether oxygens (including phenoxy) is 3. The van der Waals surface area contributed by atoms with Gasteiger partial charge in [0.05, 0.1) is 19.8 Å². The van der Waals surface area contributed by atoms with Crippen LogP contribution in [0, 0.1) is 5.92 Å². The second kappa shape index (κ2) is 8.91. The zero-order chi connectivity index (χ0) is 19.2. The molecule has 146 valence electrons. The molecule has 8 heteroatoms. The summed E-state index contributed by atoms with van der Waals surface area (Å²) in [5, 5.41) is 3.67. The molecule has 26 heavy (non-hydrogen) atoms. The molecular weight excluding hydrogens is 340 g/mol. The van der Waals surface area contributed by atoms with E-state index in [0.717, 1.165) is 38.8 Å². The molecule has 2 heterocycles. The van der Waals surface area contributed by atoms with Gasteiger partial charge in [-0.1, -0.05) is 0 Å². The van der Waals surface area contributed by atoms with Crippen molar-refractivity contribution in [3.63, 3.8) is 0 Å². The predicted octanol–water partition coefficient (Wildman–Crippen LogP) is 3.27. The summed E-state index contributed by atoms with van der Waals surface area (Å²) in [6.07, 6.45) is 3.60. The molecule has 0 N–H and O–H groups in total. The Bertz CT molecular complexity index is 599. The molecule has 0 saturated carbocycles. The van der Waals surface area contributed by atoms with Crippen molar-refractivity contribution >= 4 is 12.1 Å². The van der Waals surface area contributed by atoms with Crippen molar-refractivity contribution in [2.24, 2.45) is 5.92 Å². The number of aromatic nitrogens is 1. The number of piperidine rings is 1. The molecule has 0 atom stereocenters. The van der Waals surface area contributed by atoms with Crippen LogP contribution in [0.2, 0.25) is 0 Å². The highest BCUT2D eigenvalue weighted by Gasteiger charge is 2.26. The molecule has 1 fully saturated rings. The van der Waals surface area contributed by atoms with E-state index in [-0.39, 0.29) is 17.7 Å². The van der Waals surface area contributed by atoms with Crippen molar-refractivity contribution in [3.05, 3.63) is 11.8 Å². The number of likely N-dealkylation sites (tertiary alicyclic amines) is 1.